The second-order valence-corrected chi connectivity index (χ2v) is 22.6. The van der Waals surface area contributed by atoms with Crippen LogP contribution in [0.25, 0.3) is 0 Å². The van der Waals surface area contributed by atoms with E-state index in [1.807, 2.05) is 41.5 Å². The third-order valence-electron chi connectivity index (χ3n) is 15.1. The van der Waals surface area contributed by atoms with Crippen molar-refractivity contribution in [2.45, 2.75) is 197 Å². The summed E-state index contributed by atoms with van der Waals surface area (Å²) in [5, 5.41) is 5.41. The minimum atomic E-state index is -2.36. The molecule has 5 heterocycles. The Morgan fingerprint density at radius 3 is 2.04 bits per heavy atom. The van der Waals surface area contributed by atoms with E-state index >= 15 is 4.39 Å². The average molecular weight is 1140 g/mol. The number of hydrogen-bond donors (Lipinski definition) is 2. The van der Waals surface area contributed by atoms with Crippen LogP contribution in [-0.2, 0) is 76.0 Å². The molecular weight excluding hydrogens is 1070 g/mol. The van der Waals surface area contributed by atoms with Gasteiger partial charge in [-0.1, -0.05) is 108 Å². The molecule has 2 amide bonds. The topological polar surface area (TPSA) is 246 Å². The van der Waals surface area contributed by atoms with E-state index in [2.05, 4.69) is 10.6 Å². The normalized spacial score (nSPS) is 37.2. The standard InChI is InChI=1S/C51H72Cl3FN2O19/c1-12-31-23(4)25(6)39(43(55)69-31)75-45-36(56-48(62)65-22-51(52,53)54)27(8)38(32(13-2)70-45)74-46-40(73-44(60)30-18-16-15-17-19-30)26(7)24(5)35(71-46)21-66-50(47(61)64-11)20-34-37(57-49(63)72-34)42(76-50)41(68-29(10)59)33(14-3)67-28(9)58/h15-19,23-27,31-43,45-46H,12-14,20-22H2,1-11H3,(H,56,62)(H,57,63)/t23-,24+,25-,26-,27+,31?,32?,33+,34+,35?,36?,37+,38-,39?,40?,41+,42?,43-,45-,46-,50+/m0/s1. The first-order chi connectivity index (χ1) is 35.8. The van der Waals surface area contributed by atoms with Crippen molar-refractivity contribution < 1.29 is 94.7 Å². The number of fused-ring (bicyclic) bond motifs is 1. The van der Waals surface area contributed by atoms with Crippen LogP contribution in [0.2, 0.25) is 0 Å². The Bertz CT molecular complexity index is 2170. The van der Waals surface area contributed by atoms with E-state index in [0.717, 1.165) is 14.0 Å². The maximum Gasteiger partial charge on any atom is 0.407 e. The van der Waals surface area contributed by atoms with Gasteiger partial charge in [0.2, 0.25) is 10.2 Å². The second kappa shape index (κ2) is 26.4. The van der Waals surface area contributed by atoms with Crippen LogP contribution in [0.1, 0.15) is 105 Å². The van der Waals surface area contributed by atoms with Gasteiger partial charge in [-0.2, -0.15) is 0 Å². The van der Waals surface area contributed by atoms with Gasteiger partial charge in [-0.25, -0.2) is 23.6 Å². The smallest absolute Gasteiger partial charge is 0.407 e. The SMILES string of the molecule is CCC1O[C@H](F)C(O[C@@H]2OC(CC)[C@@H](O[C@@H]3OC(CO[C@]4(C(=O)OC)C[C@H]5OC(=O)N[C@H]5C([C@H](OC(C)=O)[C@@H](CC)OC(C)=O)O4)[C@H](C)[C@H](C)C3OC(=O)c3ccccc3)[C@H](C)C2NC(=O)OCC(Cl)(Cl)Cl)[C@@H](C)[C@@H]1C. The second-order valence-electron chi connectivity index (χ2n) is 20.1. The molecule has 21 atom stereocenters. The highest BCUT2D eigenvalue weighted by Gasteiger charge is 2.62. The summed E-state index contributed by atoms with van der Waals surface area (Å²) in [6.45, 7) is 15.9. The third-order valence-corrected chi connectivity index (χ3v) is 15.5. The van der Waals surface area contributed by atoms with Crippen LogP contribution < -0.4 is 10.6 Å². The van der Waals surface area contributed by atoms with Crippen LogP contribution in [0.3, 0.4) is 0 Å². The van der Waals surface area contributed by atoms with E-state index < -0.39 is 169 Å². The van der Waals surface area contributed by atoms with E-state index in [1.165, 1.54) is 6.92 Å². The van der Waals surface area contributed by atoms with E-state index in [0.29, 0.717) is 6.42 Å². The maximum absolute atomic E-state index is 15.9. The Balaban J connectivity index is 1.34. The monoisotopic (exact) mass is 1140 g/mol. The molecule has 5 aliphatic heterocycles. The summed E-state index contributed by atoms with van der Waals surface area (Å²) in [6, 6.07) is 6.14. The number of nitrogens with one attached hydrogen (secondary N) is 2. The molecule has 0 bridgehead atoms. The molecule has 0 aromatic heterocycles. The highest BCUT2D eigenvalue weighted by Crippen LogP contribution is 2.43. The molecule has 7 unspecified atom stereocenters. The molecule has 6 rings (SSSR count). The van der Waals surface area contributed by atoms with Crippen LogP contribution in [0.4, 0.5) is 14.0 Å². The zero-order valence-electron chi connectivity index (χ0n) is 44.4. The zero-order chi connectivity index (χ0) is 56.0. The molecule has 0 radical (unpaired) electrons. The summed E-state index contributed by atoms with van der Waals surface area (Å²) in [5.41, 5.74) is 0.243. The minimum Gasteiger partial charge on any atom is -0.465 e. The first-order valence-electron chi connectivity index (χ1n) is 25.7. The van der Waals surface area contributed by atoms with Gasteiger partial charge in [0.05, 0.1) is 62.2 Å². The van der Waals surface area contributed by atoms with Crippen molar-refractivity contribution in [2.24, 2.45) is 29.6 Å². The van der Waals surface area contributed by atoms with Gasteiger partial charge in [0.15, 0.2) is 24.8 Å². The van der Waals surface area contributed by atoms with Crippen LogP contribution in [-0.4, -0.2) is 158 Å². The minimum absolute atomic E-state index is 0.108. The van der Waals surface area contributed by atoms with Crippen LogP contribution >= 0.6 is 34.8 Å². The predicted molar refractivity (Wildman–Crippen MR) is 266 cm³/mol. The molecule has 428 valence electrons. The molecule has 0 aliphatic carbocycles. The molecule has 25 heteroatoms. The fourth-order valence-electron chi connectivity index (χ4n) is 10.6. The van der Waals surface area contributed by atoms with E-state index in [1.54, 1.807) is 44.2 Å². The molecule has 5 fully saturated rings. The third kappa shape index (κ3) is 14.5. The molecule has 76 heavy (non-hydrogen) atoms. The van der Waals surface area contributed by atoms with Gasteiger partial charge in [-0.3, -0.25) is 9.59 Å². The van der Waals surface area contributed by atoms with Crippen molar-refractivity contribution in [1.29, 1.82) is 0 Å². The fraction of sp³-hybridized carbons (Fsp3) is 0.765. The molecule has 2 N–H and O–H groups in total. The number of carbonyl (C=O) groups excluding carboxylic acids is 6. The summed E-state index contributed by atoms with van der Waals surface area (Å²) >= 11 is 17.8. The molecule has 5 saturated heterocycles. The summed E-state index contributed by atoms with van der Waals surface area (Å²) in [6.07, 6.45) is -16.3. The number of rotatable bonds is 19. The largest absolute Gasteiger partial charge is 0.465 e. The Morgan fingerprint density at radius 2 is 1.43 bits per heavy atom. The maximum atomic E-state index is 15.9. The Labute approximate surface area is 456 Å². The summed E-state index contributed by atoms with van der Waals surface area (Å²) in [4.78, 5) is 79.2. The van der Waals surface area contributed by atoms with E-state index in [4.69, 9.17) is 96.4 Å². The number of alkyl carbamates (subject to hydrolysis) is 2. The number of benzene rings is 1. The van der Waals surface area contributed by atoms with Crippen LogP contribution in [0, 0.1) is 29.6 Å². The zero-order valence-corrected chi connectivity index (χ0v) is 46.7. The van der Waals surface area contributed by atoms with Gasteiger partial charge in [0.25, 0.3) is 5.79 Å². The summed E-state index contributed by atoms with van der Waals surface area (Å²) < 4.78 is 93.2. The quantitative estimate of drug-likeness (QED) is 0.0803. The molecule has 21 nitrogen and oxygen atoms in total. The summed E-state index contributed by atoms with van der Waals surface area (Å²) in [7, 11) is 1.10. The highest BCUT2D eigenvalue weighted by atomic mass is 35.6. The fourth-order valence-corrected chi connectivity index (χ4v) is 10.8. The molecule has 5 aliphatic rings. The lowest BCUT2D eigenvalue weighted by Gasteiger charge is -2.51. The molecule has 1 aromatic rings. The Morgan fingerprint density at radius 1 is 0.816 bits per heavy atom. The lowest BCUT2D eigenvalue weighted by molar-refractivity contribution is -0.352. The van der Waals surface area contributed by atoms with Gasteiger partial charge < -0.3 is 72.2 Å². The van der Waals surface area contributed by atoms with Crippen molar-refractivity contribution in [2.75, 3.05) is 20.3 Å². The van der Waals surface area contributed by atoms with Crippen molar-refractivity contribution in [3.8, 4) is 0 Å². The average Bonchev–Trinajstić information content (AvgIpc) is 3.76. The predicted octanol–water partition coefficient (Wildman–Crippen LogP) is 7.02. The van der Waals surface area contributed by atoms with Gasteiger partial charge >= 0.3 is 36.1 Å². The number of ether oxygens (including phenoxy) is 13. The van der Waals surface area contributed by atoms with Gasteiger partial charge in [0, 0.05) is 25.7 Å². The lowest BCUT2D eigenvalue weighted by atomic mass is 9.82. The molecular formula is C51H72Cl3FN2O19. The van der Waals surface area contributed by atoms with E-state index in [9.17, 15) is 28.8 Å². The first kappa shape index (κ1) is 61.4. The highest BCUT2D eigenvalue weighted by molar-refractivity contribution is 6.67. The number of amides is 2. The number of hydrogen-bond acceptors (Lipinski definition) is 19. The van der Waals surface area contributed by atoms with Crippen molar-refractivity contribution in [1.82, 2.24) is 10.6 Å². The number of carbonyl (C=O) groups is 6. The van der Waals surface area contributed by atoms with Crippen molar-refractivity contribution >= 4 is 70.9 Å². The van der Waals surface area contributed by atoms with Crippen molar-refractivity contribution in [3.05, 3.63) is 35.9 Å². The summed E-state index contributed by atoms with van der Waals surface area (Å²) in [5.74, 6) is -7.90. The first-order valence-corrected chi connectivity index (χ1v) is 26.9. The van der Waals surface area contributed by atoms with Crippen LogP contribution in [0.5, 0.6) is 0 Å². The number of methoxy groups -OCH3 is 1. The lowest BCUT2D eigenvalue weighted by Crippen LogP contribution is -2.66. The Kier molecular flexibility index (Phi) is 21.3. The molecule has 0 saturated carbocycles. The number of alkyl halides is 4. The van der Waals surface area contributed by atoms with Gasteiger partial charge in [-0.05, 0) is 49.1 Å². The van der Waals surface area contributed by atoms with Crippen LogP contribution in [0.15, 0.2) is 30.3 Å². The molecule has 1 aromatic carbocycles. The van der Waals surface area contributed by atoms with Gasteiger partial charge in [0.1, 0.15) is 31.0 Å². The van der Waals surface area contributed by atoms with E-state index in [-0.39, 0.29) is 36.3 Å². The Hall–Kier alpha value is -3.84. The molecule has 0 spiro atoms. The van der Waals surface area contributed by atoms with Crippen molar-refractivity contribution in [3.63, 3.8) is 0 Å². The number of esters is 4. The number of halogens is 4. The van der Waals surface area contributed by atoms with Gasteiger partial charge in [-0.15, -0.1) is 0 Å².